The summed E-state index contributed by atoms with van der Waals surface area (Å²) in [6.45, 7) is 4.06. The molecule has 0 amide bonds. The van der Waals surface area contributed by atoms with Crippen molar-refractivity contribution in [3.63, 3.8) is 0 Å². The average Bonchev–Trinajstić information content (AvgIpc) is 2.37. The van der Waals surface area contributed by atoms with Crippen molar-refractivity contribution in [1.29, 1.82) is 0 Å². The van der Waals surface area contributed by atoms with E-state index in [4.69, 9.17) is 0 Å². The van der Waals surface area contributed by atoms with Gasteiger partial charge in [-0.25, -0.2) is 9.97 Å². The van der Waals surface area contributed by atoms with Crippen LogP contribution in [-0.2, 0) is 0 Å². The number of hydrogen-bond acceptors (Lipinski definition) is 6. The average molecular weight is 256 g/mol. The molecule has 5 nitrogen and oxygen atoms in total. The zero-order valence-corrected chi connectivity index (χ0v) is 11.6. The van der Waals surface area contributed by atoms with Gasteiger partial charge in [-0.3, -0.25) is 0 Å². The molecule has 1 heterocycles. The maximum atomic E-state index is 9.37. The Morgan fingerprint density at radius 1 is 1.41 bits per heavy atom. The molecule has 0 radical (unpaired) electrons. The molecule has 0 aliphatic rings. The van der Waals surface area contributed by atoms with Crippen molar-refractivity contribution in [3.05, 3.63) is 6.07 Å². The van der Waals surface area contributed by atoms with Crippen molar-refractivity contribution in [2.75, 3.05) is 30.5 Å². The molecule has 6 heteroatoms. The second-order valence-corrected chi connectivity index (χ2v) is 4.85. The maximum Gasteiger partial charge on any atom is 0.191 e. The van der Waals surface area contributed by atoms with Gasteiger partial charge < -0.3 is 15.7 Å². The normalized spacial score (nSPS) is 14.2. The molecule has 1 atom stereocenters. The monoisotopic (exact) mass is 256 g/mol. The Morgan fingerprint density at radius 2 is 2.06 bits per heavy atom. The van der Waals surface area contributed by atoms with Crippen LogP contribution in [0, 0.1) is 0 Å². The first-order valence-corrected chi connectivity index (χ1v) is 6.79. The molecule has 0 aliphatic carbocycles. The van der Waals surface area contributed by atoms with Gasteiger partial charge in [0.05, 0.1) is 12.1 Å². The van der Waals surface area contributed by atoms with Crippen LogP contribution in [0.1, 0.15) is 20.3 Å². The summed E-state index contributed by atoms with van der Waals surface area (Å²) in [5.74, 6) is 1.50. The van der Waals surface area contributed by atoms with Gasteiger partial charge >= 0.3 is 0 Å². The Balaban J connectivity index is 2.97. The summed E-state index contributed by atoms with van der Waals surface area (Å²) in [5.41, 5.74) is -0.352. The van der Waals surface area contributed by atoms with Gasteiger partial charge in [-0.05, 0) is 19.6 Å². The zero-order chi connectivity index (χ0) is 12.9. The first-order valence-electron chi connectivity index (χ1n) is 5.56. The van der Waals surface area contributed by atoms with Crippen LogP contribution in [0.3, 0.4) is 0 Å². The van der Waals surface area contributed by atoms with E-state index in [9.17, 15) is 5.11 Å². The van der Waals surface area contributed by atoms with E-state index in [1.165, 1.54) is 11.8 Å². The Kier molecular flexibility index (Phi) is 5.02. The number of anilines is 2. The first-order chi connectivity index (χ1) is 8.06. The third kappa shape index (κ3) is 3.74. The third-order valence-corrected chi connectivity index (χ3v) is 3.25. The van der Waals surface area contributed by atoms with Crippen molar-refractivity contribution in [3.8, 4) is 0 Å². The van der Waals surface area contributed by atoms with Crippen molar-refractivity contribution in [2.24, 2.45) is 0 Å². The van der Waals surface area contributed by atoms with Gasteiger partial charge in [0, 0.05) is 13.1 Å². The highest BCUT2D eigenvalue weighted by molar-refractivity contribution is 7.98. The Morgan fingerprint density at radius 3 is 2.53 bits per heavy atom. The van der Waals surface area contributed by atoms with E-state index in [-0.39, 0.29) is 12.1 Å². The second kappa shape index (κ2) is 6.07. The molecule has 1 aromatic rings. The van der Waals surface area contributed by atoms with Crippen molar-refractivity contribution < 1.29 is 5.11 Å². The molecule has 0 spiro atoms. The van der Waals surface area contributed by atoms with Gasteiger partial charge in [0.25, 0.3) is 0 Å². The molecule has 1 rings (SSSR count). The van der Waals surface area contributed by atoms with E-state index in [0.717, 1.165) is 18.1 Å². The smallest absolute Gasteiger partial charge is 0.191 e. The second-order valence-electron chi connectivity index (χ2n) is 4.07. The number of nitrogens with zero attached hydrogens (tertiary/aromatic N) is 2. The SMILES string of the molecule is CCC(C)(CO)Nc1cc(NC)nc(SC)n1. The van der Waals surface area contributed by atoms with E-state index < -0.39 is 0 Å². The molecule has 0 bridgehead atoms. The van der Waals surface area contributed by atoms with E-state index in [1.54, 1.807) is 0 Å². The lowest BCUT2D eigenvalue weighted by atomic mass is 10.0. The van der Waals surface area contributed by atoms with Gasteiger partial charge in [0.1, 0.15) is 11.6 Å². The molecule has 0 aliphatic heterocycles. The minimum absolute atomic E-state index is 0.0665. The lowest BCUT2D eigenvalue weighted by molar-refractivity contribution is 0.218. The van der Waals surface area contributed by atoms with Crippen LogP contribution in [0.25, 0.3) is 0 Å². The minimum atomic E-state index is -0.352. The summed E-state index contributed by atoms with van der Waals surface area (Å²) in [5, 5.41) is 16.3. The van der Waals surface area contributed by atoms with Crippen LogP contribution in [-0.4, -0.2) is 40.5 Å². The van der Waals surface area contributed by atoms with E-state index in [1.807, 2.05) is 33.2 Å². The first kappa shape index (κ1) is 14.1. The molecule has 3 N–H and O–H groups in total. The Bertz CT molecular complexity index is 346. The maximum absolute atomic E-state index is 9.37. The number of rotatable bonds is 6. The summed E-state index contributed by atoms with van der Waals surface area (Å²) in [6.07, 6.45) is 2.75. The number of nitrogens with one attached hydrogen (secondary N) is 2. The fourth-order valence-electron chi connectivity index (χ4n) is 1.26. The van der Waals surface area contributed by atoms with Crippen LogP contribution in [0.5, 0.6) is 0 Å². The van der Waals surface area contributed by atoms with Gasteiger partial charge in [-0.15, -0.1) is 0 Å². The minimum Gasteiger partial charge on any atom is -0.394 e. The van der Waals surface area contributed by atoms with Gasteiger partial charge in [-0.2, -0.15) is 0 Å². The summed E-state index contributed by atoms with van der Waals surface area (Å²) >= 11 is 1.49. The van der Waals surface area contributed by atoms with Crippen LogP contribution in [0.4, 0.5) is 11.6 Å². The van der Waals surface area contributed by atoms with Crippen LogP contribution in [0.2, 0.25) is 0 Å². The highest BCUT2D eigenvalue weighted by atomic mass is 32.2. The fraction of sp³-hybridized carbons (Fsp3) is 0.636. The van der Waals surface area contributed by atoms with Crippen LogP contribution in [0.15, 0.2) is 11.2 Å². The number of aliphatic hydroxyl groups is 1. The summed E-state index contributed by atoms with van der Waals surface area (Å²) in [7, 11) is 1.82. The predicted molar refractivity (Wildman–Crippen MR) is 72.8 cm³/mol. The topological polar surface area (TPSA) is 70.1 Å². The summed E-state index contributed by atoms with van der Waals surface area (Å²) < 4.78 is 0. The predicted octanol–water partition coefficient (Wildman–Crippen LogP) is 1.81. The molecule has 17 heavy (non-hydrogen) atoms. The molecule has 0 fully saturated rings. The van der Waals surface area contributed by atoms with Crippen molar-refractivity contribution in [2.45, 2.75) is 31.0 Å². The summed E-state index contributed by atoms with van der Waals surface area (Å²) in [4.78, 5) is 8.66. The highest BCUT2D eigenvalue weighted by Gasteiger charge is 2.21. The molecule has 0 saturated carbocycles. The lowest BCUT2D eigenvalue weighted by Gasteiger charge is -2.28. The molecule has 1 unspecified atom stereocenters. The highest BCUT2D eigenvalue weighted by Crippen LogP contribution is 2.21. The van der Waals surface area contributed by atoms with Gasteiger partial charge in [0.15, 0.2) is 5.16 Å². The number of aliphatic hydroxyl groups excluding tert-OH is 1. The van der Waals surface area contributed by atoms with E-state index in [0.29, 0.717) is 5.16 Å². The number of thioether (sulfide) groups is 1. The standard InChI is InChI=1S/C11H20N4OS/c1-5-11(2,7-16)15-9-6-8(12-3)13-10(14-9)17-4/h6,16H,5,7H2,1-4H3,(H2,12,13,14,15). The zero-order valence-electron chi connectivity index (χ0n) is 10.7. The third-order valence-electron chi connectivity index (χ3n) is 2.70. The number of hydrogen-bond donors (Lipinski definition) is 3. The molecule has 0 saturated heterocycles. The van der Waals surface area contributed by atoms with Crippen LogP contribution < -0.4 is 10.6 Å². The molecule has 96 valence electrons. The van der Waals surface area contributed by atoms with Crippen molar-refractivity contribution >= 4 is 23.4 Å². The molecular weight excluding hydrogens is 236 g/mol. The Hall–Kier alpha value is -1.01. The Labute approximate surface area is 106 Å². The largest absolute Gasteiger partial charge is 0.394 e. The van der Waals surface area contributed by atoms with E-state index in [2.05, 4.69) is 20.6 Å². The van der Waals surface area contributed by atoms with E-state index >= 15 is 0 Å². The quantitative estimate of drug-likeness (QED) is 0.533. The summed E-state index contributed by atoms with van der Waals surface area (Å²) in [6, 6.07) is 1.84. The fourth-order valence-corrected chi connectivity index (χ4v) is 1.64. The van der Waals surface area contributed by atoms with Gasteiger partial charge in [-0.1, -0.05) is 18.7 Å². The molecule has 0 aromatic carbocycles. The molecular formula is C11H20N4OS. The van der Waals surface area contributed by atoms with Crippen molar-refractivity contribution in [1.82, 2.24) is 9.97 Å². The lowest BCUT2D eigenvalue weighted by Crippen LogP contribution is -2.38. The molecule has 1 aromatic heterocycles. The number of aromatic nitrogens is 2. The van der Waals surface area contributed by atoms with Gasteiger partial charge in [0.2, 0.25) is 0 Å². The van der Waals surface area contributed by atoms with Crippen LogP contribution >= 0.6 is 11.8 Å².